The number of hydrogen-bond acceptors (Lipinski definition) is 5. The highest BCUT2D eigenvalue weighted by Crippen LogP contribution is 2.20. The van der Waals surface area contributed by atoms with Gasteiger partial charge in [0, 0.05) is 26.2 Å². The van der Waals surface area contributed by atoms with Crippen molar-refractivity contribution in [2.75, 3.05) is 7.05 Å². The van der Waals surface area contributed by atoms with Crippen molar-refractivity contribution in [3.63, 3.8) is 0 Å². The fourth-order valence-corrected chi connectivity index (χ4v) is 1.88. The van der Waals surface area contributed by atoms with Crippen LogP contribution in [0.25, 0.3) is 11.4 Å². The van der Waals surface area contributed by atoms with Gasteiger partial charge in [-0.3, -0.25) is 9.78 Å². The Kier molecular flexibility index (Phi) is 4.60. The van der Waals surface area contributed by atoms with Gasteiger partial charge in [-0.1, -0.05) is 11.3 Å². The summed E-state index contributed by atoms with van der Waals surface area (Å²) in [5.41, 5.74) is 0.688. The summed E-state index contributed by atoms with van der Waals surface area (Å²) in [5, 5.41) is 19.2. The number of aromatic carboxylic acids is 1. The lowest BCUT2D eigenvalue weighted by Gasteiger charge is -2.06. The van der Waals surface area contributed by atoms with Crippen LogP contribution in [0.3, 0.4) is 0 Å². The quantitative estimate of drug-likeness (QED) is 0.804. The van der Waals surface area contributed by atoms with E-state index in [4.69, 9.17) is 0 Å². The zero-order valence-corrected chi connectivity index (χ0v) is 11.5. The predicted molar refractivity (Wildman–Crippen MR) is 73.5 cm³/mol. The number of pyridine rings is 1. The molecule has 0 aromatic carbocycles. The van der Waals surface area contributed by atoms with Crippen LogP contribution in [0.5, 0.6) is 0 Å². The lowest BCUT2D eigenvalue weighted by atomic mass is 10.2. The van der Waals surface area contributed by atoms with Crippen LogP contribution in [0.1, 0.15) is 23.3 Å². The molecule has 0 aliphatic carbocycles. The number of nitrogens with one attached hydrogen (secondary N) is 1. The third-order valence-electron chi connectivity index (χ3n) is 2.90. The third kappa shape index (κ3) is 3.41. The molecule has 0 fully saturated rings. The van der Waals surface area contributed by atoms with Crippen LogP contribution in [0.4, 0.5) is 0 Å². The molecule has 0 saturated heterocycles. The van der Waals surface area contributed by atoms with Crippen LogP contribution in [0.2, 0.25) is 0 Å². The number of aryl methyl sites for hydroxylation is 1. The smallest absolute Gasteiger partial charge is 0.358 e. The number of rotatable bonds is 6. The van der Waals surface area contributed by atoms with E-state index in [9.17, 15) is 14.7 Å². The third-order valence-corrected chi connectivity index (χ3v) is 2.90. The van der Waals surface area contributed by atoms with Crippen molar-refractivity contribution in [3.8, 4) is 11.4 Å². The van der Waals surface area contributed by atoms with Gasteiger partial charge in [-0.15, -0.1) is 5.10 Å². The minimum absolute atomic E-state index is 0.0760. The molecule has 0 spiro atoms. The fraction of sp³-hybridized carbons (Fsp3) is 0.308. The Hall–Kier alpha value is -2.77. The molecule has 110 valence electrons. The first kappa shape index (κ1) is 14.6. The minimum atomic E-state index is -1.16. The standard InChI is InChI=1S/C13H15N5O3/c1-14-10(19)6-4-8-18-12(9-5-2-3-7-15-9)11(13(20)21)16-17-18/h2-3,5,7H,4,6,8H2,1H3,(H,14,19)(H,20,21). The van der Waals surface area contributed by atoms with Gasteiger partial charge in [0.1, 0.15) is 5.69 Å². The number of carboxylic acid groups (broad SMARTS) is 1. The van der Waals surface area contributed by atoms with Gasteiger partial charge in [-0.2, -0.15) is 0 Å². The molecular weight excluding hydrogens is 274 g/mol. The van der Waals surface area contributed by atoms with Crippen molar-refractivity contribution in [2.24, 2.45) is 0 Å². The normalized spacial score (nSPS) is 10.3. The van der Waals surface area contributed by atoms with Crippen molar-refractivity contribution in [2.45, 2.75) is 19.4 Å². The highest BCUT2D eigenvalue weighted by Gasteiger charge is 2.21. The monoisotopic (exact) mass is 289 g/mol. The van der Waals surface area contributed by atoms with E-state index in [0.717, 1.165) is 0 Å². The summed E-state index contributed by atoms with van der Waals surface area (Å²) in [7, 11) is 1.57. The summed E-state index contributed by atoms with van der Waals surface area (Å²) in [6.07, 6.45) is 2.44. The minimum Gasteiger partial charge on any atom is -0.476 e. The van der Waals surface area contributed by atoms with E-state index in [-0.39, 0.29) is 11.6 Å². The summed E-state index contributed by atoms with van der Waals surface area (Å²) in [4.78, 5) is 26.6. The van der Waals surface area contributed by atoms with Crippen molar-refractivity contribution in [1.82, 2.24) is 25.3 Å². The molecule has 8 nitrogen and oxygen atoms in total. The molecular formula is C13H15N5O3. The van der Waals surface area contributed by atoms with Gasteiger partial charge >= 0.3 is 5.97 Å². The Labute approximate surface area is 120 Å². The summed E-state index contributed by atoms with van der Waals surface area (Å²) >= 11 is 0. The maximum Gasteiger partial charge on any atom is 0.358 e. The van der Waals surface area contributed by atoms with Crippen LogP contribution < -0.4 is 5.32 Å². The topological polar surface area (TPSA) is 110 Å². The number of hydrogen-bond donors (Lipinski definition) is 2. The largest absolute Gasteiger partial charge is 0.476 e. The Bertz CT molecular complexity index is 639. The first-order chi connectivity index (χ1) is 10.1. The van der Waals surface area contributed by atoms with Crippen LogP contribution >= 0.6 is 0 Å². The zero-order chi connectivity index (χ0) is 15.2. The maximum absolute atomic E-state index is 11.2. The summed E-state index contributed by atoms with van der Waals surface area (Å²) in [6.45, 7) is 0.388. The number of aromatic nitrogens is 4. The van der Waals surface area contributed by atoms with Crippen LogP contribution in [-0.2, 0) is 11.3 Å². The molecule has 0 aliphatic rings. The Morgan fingerprint density at radius 3 is 2.81 bits per heavy atom. The van der Waals surface area contributed by atoms with Crippen molar-refractivity contribution in [1.29, 1.82) is 0 Å². The van der Waals surface area contributed by atoms with Crippen LogP contribution in [0, 0.1) is 0 Å². The average molecular weight is 289 g/mol. The number of nitrogens with zero attached hydrogens (tertiary/aromatic N) is 4. The van der Waals surface area contributed by atoms with Crippen molar-refractivity contribution >= 4 is 11.9 Å². The molecule has 2 rings (SSSR count). The van der Waals surface area contributed by atoms with Crippen LogP contribution in [0.15, 0.2) is 24.4 Å². The predicted octanol–water partition coefficient (Wildman–Crippen LogP) is 0.564. The SMILES string of the molecule is CNC(=O)CCCn1nnc(C(=O)O)c1-c1ccccn1. The first-order valence-corrected chi connectivity index (χ1v) is 6.42. The molecule has 1 amide bonds. The number of amides is 1. The molecule has 8 heteroatoms. The van der Waals surface area contributed by atoms with Crippen molar-refractivity contribution in [3.05, 3.63) is 30.1 Å². The van der Waals surface area contributed by atoms with Gasteiger partial charge in [0.2, 0.25) is 5.91 Å². The molecule has 2 heterocycles. The van der Waals surface area contributed by atoms with E-state index in [0.29, 0.717) is 30.8 Å². The number of carboxylic acids is 1. The fourth-order valence-electron chi connectivity index (χ4n) is 1.88. The second-order valence-electron chi connectivity index (χ2n) is 4.31. The highest BCUT2D eigenvalue weighted by molar-refractivity contribution is 5.92. The Morgan fingerprint density at radius 1 is 1.38 bits per heavy atom. The van der Waals surface area contributed by atoms with E-state index < -0.39 is 5.97 Å². The zero-order valence-electron chi connectivity index (χ0n) is 11.5. The van der Waals surface area contributed by atoms with E-state index in [1.807, 2.05) is 0 Å². The Balaban J connectivity index is 2.26. The molecule has 0 bridgehead atoms. The molecule has 0 unspecified atom stereocenters. The molecule has 0 aliphatic heterocycles. The highest BCUT2D eigenvalue weighted by atomic mass is 16.4. The van der Waals surface area contributed by atoms with E-state index >= 15 is 0 Å². The molecule has 0 radical (unpaired) electrons. The van der Waals surface area contributed by atoms with Gasteiger partial charge in [0.15, 0.2) is 5.69 Å². The number of carbonyl (C=O) groups is 2. The van der Waals surface area contributed by atoms with E-state index in [1.165, 1.54) is 4.68 Å². The first-order valence-electron chi connectivity index (χ1n) is 6.42. The van der Waals surface area contributed by atoms with Crippen molar-refractivity contribution < 1.29 is 14.7 Å². The molecule has 2 N–H and O–H groups in total. The van der Waals surface area contributed by atoms with Gasteiger partial charge in [-0.25, -0.2) is 9.48 Å². The lowest BCUT2D eigenvalue weighted by molar-refractivity contribution is -0.120. The summed E-state index contributed by atoms with van der Waals surface area (Å²) in [5.74, 6) is -1.24. The van der Waals surface area contributed by atoms with E-state index in [2.05, 4.69) is 20.6 Å². The second-order valence-corrected chi connectivity index (χ2v) is 4.31. The van der Waals surface area contributed by atoms with Crippen LogP contribution in [-0.4, -0.2) is 44.0 Å². The van der Waals surface area contributed by atoms with E-state index in [1.54, 1.807) is 31.4 Å². The lowest BCUT2D eigenvalue weighted by Crippen LogP contribution is -2.18. The molecule has 2 aromatic heterocycles. The summed E-state index contributed by atoms with van der Waals surface area (Å²) in [6, 6.07) is 5.19. The Morgan fingerprint density at radius 2 is 2.19 bits per heavy atom. The van der Waals surface area contributed by atoms with Gasteiger partial charge in [0.25, 0.3) is 0 Å². The van der Waals surface area contributed by atoms with Gasteiger partial charge < -0.3 is 10.4 Å². The molecule has 21 heavy (non-hydrogen) atoms. The van der Waals surface area contributed by atoms with Gasteiger partial charge in [0.05, 0.1) is 5.69 Å². The molecule has 2 aromatic rings. The maximum atomic E-state index is 11.2. The summed E-state index contributed by atoms with van der Waals surface area (Å²) < 4.78 is 1.47. The average Bonchev–Trinajstić information content (AvgIpc) is 2.92. The number of carbonyl (C=O) groups excluding carboxylic acids is 1. The van der Waals surface area contributed by atoms with Gasteiger partial charge in [-0.05, 0) is 18.6 Å². The second kappa shape index (κ2) is 6.60. The molecule has 0 saturated carbocycles. The molecule has 0 atom stereocenters.